The first kappa shape index (κ1) is 15.2. The van der Waals surface area contributed by atoms with E-state index in [2.05, 4.69) is 10.3 Å². The van der Waals surface area contributed by atoms with Gasteiger partial charge in [-0.25, -0.2) is 9.78 Å². The van der Waals surface area contributed by atoms with Crippen molar-refractivity contribution < 1.29 is 14.7 Å². The van der Waals surface area contributed by atoms with Crippen molar-refractivity contribution in [1.82, 2.24) is 9.88 Å². The van der Waals surface area contributed by atoms with Crippen LogP contribution in [0.4, 0.5) is 10.5 Å². The van der Waals surface area contributed by atoms with E-state index in [0.29, 0.717) is 5.69 Å². The lowest BCUT2D eigenvalue weighted by Crippen LogP contribution is -2.48. The molecule has 0 atom stereocenters. The third-order valence-corrected chi connectivity index (χ3v) is 3.87. The number of amides is 2. The molecule has 0 fully saturated rings. The van der Waals surface area contributed by atoms with Crippen molar-refractivity contribution in [3.63, 3.8) is 0 Å². The second-order valence-corrected chi connectivity index (χ2v) is 6.45. The zero-order valence-electron chi connectivity index (χ0n) is 12.1. The van der Waals surface area contributed by atoms with Gasteiger partial charge >= 0.3 is 6.09 Å². The first-order valence-corrected chi connectivity index (χ1v) is 7.29. The van der Waals surface area contributed by atoms with Gasteiger partial charge in [-0.2, -0.15) is 0 Å². The Bertz CT molecular complexity index is 675. The van der Waals surface area contributed by atoms with Crippen molar-refractivity contribution in [2.75, 3.05) is 11.9 Å². The molecular formula is C14H17N3O3S. The minimum Gasteiger partial charge on any atom is -0.465 e. The number of thiophene rings is 1. The number of rotatable bonds is 3. The summed E-state index contributed by atoms with van der Waals surface area (Å²) in [5.74, 6) is -0.365. The summed E-state index contributed by atoms with van der Waals surface area (Å²) in [4.78, 5) is 29.5. The van der Waals surface area contributed by atoms with Gasteiger partial charge in [0.2, 0.25) is 5.91 Å². The van der Waals surface area contributed by atoms with E-state index in [-0.39, 0.29) is 12.5 Å². The highest BCUT2D eigenvalue weighted by Crippen LogP contribution is 2.28. The second kappa shape index (κ2) is 5.69. The molecule has 2 amide bonds. The standard InChI is InChI=1S/C14H17N3O3S/c1-14(2,3)17(13(19)20)7-11(18)16-10-8-21-12-9(10)5-4-6-15-12/h4-6,8H,7H2,1-3H3,(H,16,18)(H,19,20). The van der Waals surface area contributed by atoms with Crippen molar-refractivity contribution in [2.24, 2.45) is 0 Å². The maximum Gasteiger partial charge on any atom is 0.408 e. The quantitative estimate of drug-likeness (QED) is 0.913. The normalized spacial score (nSPS) is 11.4. The van der Waals surface area contributed by atoms with Crippen LogP contribution in [0.5, 0.6) is 0 Å². The lowest BCUT2D eigenvalue weighted by Gasteiger charge is -2.32. The van der Waals surface area contributed by atoms with Gasteiger partial charge < -0.3 is 10.4 Å². The molecule has 0 aromatic carbocycles. The first-order valence-electron chi connectivity index (χ1n) is 6.41. The lowest BCUT2D eigenvalue weighted by atomic mass is 10.1. The summed E-state index contributed by atoms with van der Waals surface area (Å²) < 4.78 is 0. The van der Waals surface area contributed by atoms with Gasteiger partial charge in [0, 0.05) is 22.5 Å². The van der Waals surface area contributed by atoms with Gasteiger partial charge in [0.1, 0.15) is 11.4 Å². The predicted octanol–water partition coefficient (Wildman–Crippen LogP) is 3.01. The highest BCUT2D eigenvalue weighted by Gasteiger charge is 2.28. The number of nitrogens with zero attached hydrogens (tertiary/aromatic N) is 2. The van der Waals surface area contributed by atoms with Gasteiger partial charge in [-0.05, 0) is 32.9 Å². The van der Waals surface area contributed by atoms with E-state index in [9.17, 15) is 14.7 Å². The Morgan fingerprint density at radius 2 is 2.14 bits per heavy atom. The summed E-state index contributed by atoms with van der Waals surface area (Å²) in [6.07, 6.45) is 0.574. The molecule has 0 bridgehead atoms. The third kappa shape index (κ3) is 3.49. The highest BCUT2D eigenvalue weighted by atomic mass is 32.1. The van der Waals surface area contributed by atoms with E-state index in [1.54, 1.807) is 38.4 Å². The smallest absolute Gasteiger partial charge is 0.408 e. The zero-order chi connectivity index (χ0) is 15.6. The third-order valence-electron chi connectivity index (χ3n) is 2.97. The molecule has 0 unspecified atom stereocenters. The van der Waals surface area contributed by atoms with Crippen molar-refractivity contribution in [2.45, 2.75) is 26.3 Å². The number of hydrogen-bond donors (Lipinski definition) is 2. The number of aromatic nitrogens is 1. The van der Waals surface area contributed by atoms with E-state index in [0.717, 1.165) is 15.1 Å². The SMILES string of the molecule is CC(C)(C)N(CC(=O)Nc1csc2ncccc12)C(=O)O. The minimum absolute atomic E-state index is 0.212. The van der Waals surface area contributed by atoms with Gasteiger partial charge in [-0.3, -0.25) is 9.69 Å². The summed E-state index contributed by atoms with van der Waals surface area (Å²) in [5, 5.41) is 14.6. The van der Waals surface area contributed by atoms with Crippen LogP contribution < -0.4 is 5.32 Å². The van der Waals surface area contributed by atoms with Crippen LogP contribution in [-0.4, -0.2) is 39.1 Å². The molecule has 2 heterocycles. The number of nitrogens with one attached hydrogen (secondary N) is 1. The Hall–Kier alpha value is -2.15. The molecule has 0 saturated heterocycles. The molecule has 0 saturated carbocycles. The van der Waals surface area contributed by atoms with Crippen LogP contribution in [0.3, 0.4) is 0 Å². The number of carbonyl (C=O) groups is 2. The number of pyridine rings is 1. The molecule has 2 rings (SSSR count). The van der Waals surface area contributed by atoms with Gasteiger partial charge in [0.25, 0.3) is 0 Å². The van der Waals surface area contributed by atoms with Gasteiger partial charge in [-0.1, -0.05) is 0 Å². The summed E-state index contributed by atoms with van der Waals surface area (Å²) >= 11 is 1.43. The van der Waals surface area contributed by atoms with Crippen LogP contribution in [0.25, 0.3) is 10.2 Å². The number of anilines is 1. The van der Waals surface area contributed by atoms with Crippen LogP contribution in [0.1, 0.15) is 20.8 Å². The highest BCUT2D eigenvalue weighted by molar-refractivity contribution is 7.17. The van der Waals surface area contributed by atoms with Crippen molar-refractivity contribution in [1.29, 1.82) is 0 Å². The van der Waals surface area contributed by atoms with Crippen LogP contribution in [0.2, 0.25) is 0 Å². The number of carbonyl (C=O) groups excluding carboxylic acids is 1. The fraction of sp³-hybridized carbons (Fsp3) is 0.357. The van der Waals surface area contributed by atoms with E-state index in [1.807, 2.05) is 6.07 Å². The molecule has 112 valence electrons. The summed E-state index contributed by atoms with van der Waals surface area (Å²) in [7, 11) is 0. The fourth-order valence-electron chi connectivity index (χ4n) is 1.89. The molecule has 0 spiro atoms. The van der Waals surface area contributed by atoms with Gasteiger partial charge in [0.15, 0.2) is 0 Å². The van der Waals surface area contributed by atoms with E-state index >= 15 is 0 Å². The summed E-state index contributed by atoms with van der Waals surface area (Å²) in [5.41, 5.74) is 0.0221. The monoisotopic (exact) mass is 307 g/mol. The minimum atomic E-state index is -1.12. The van der Waals surface area contributed by atoms with Crippen LogP contribution >= 0.6 is 11.3 Å². The van der Waals surface area contributed by atoms with Crippen molar-refractivity contribution >= 4 is 39.2 Å². The number of hydrogen-bond acceptors (Lipinski definition) is 4. The van der Waals surface area contributed by atoms with E-state index < -0.39 is 11.6 Å². The number of fused-ring (bicyclic) bond motifs is 1. The predicted molar refractivity (Wildman–Crippen MR) is 82.7 cm³/mol. The molecular weight excluding hydrogens is 290 g/mol. The maximum absolute atomic E-state index is 12.1. The average molecular weight is 307 g/mol. The number of carboxylic acid groups (broad SMARTS) is 1. The van der Waals surface area contributed by atoms with Crippen molar-refractivity contribution in [3.8, 4) is 0 Å². The zero-order valence-corrected chi connectivity index (χ0v) is 12.9. The Kier molecular flexibility index (Phi) is 4.13. The molecule has 0 aliphatic rings. The Morgan fingerprint density at radius 1 is 1.43 bits per heavy atom. The Morgan fingerprint density at radius 3 is 2.76 bits per heavy atom. The Balaban J connectivity index is 2.13. The molecule has 2 N–H and O–H groups in total. The Labute approximate surface area is 126 Å². The van der Waals surface area contributed by atoms with E-state index in [1.165, 1.54) is 11.3 Å². The lowest BCUT2D eigenvalue weighted by molar-refractivity contribution is -0.118. The van der Waals surface area contributed by atoms with Crippen LogP contribution in [0.15, 0.2) is 23.7 Å². The molecule has 0 aliphatic heterocycles. The first-order chi connectivity index (χ1) is 9.79. The molecule has 0 radical (unpaired) electrons. The molecule has 0 aliphatic carbocycles. The maximum atomic E-state index is 12.1. The average Bonchev–Trinajstić information content (AvgIpc) is 2.78. The molecule has 7 heteroatoms. The van der Waals surface area contributed by atoms with Crippen LogP contribution in [-0.2, 0) is 4.79 Å². The molecule has 6 nitrogen and oxygen atoms in total. The van der Waals surface area contributed by atoms with Crippen LogP contribution in [0, 0.1) is 0 Å². The van der Waals surface area contributed by atoms with E-state index in [4.69, 9.17) is 0 Å². The van der Waals surface area contributed by atoms with Gasteiger partial charge in [-0.15, -0.1) is 11.3 Å². The topological polar surface area (TPSA) is 82.5 Å². The summed E-state index contributed by atoms with van der Waals surface area (Å²) in [6, 6.07) is 3.66. The van der Waals surface area contributed by atoms with Crippen molar-refractivity contribution in [3.05, 3.63) is 23.7 Å². The second-order valence-electron chi connectivity index (χ2n) is 5.59. The largest absolute Gasteiger partial charge is 0.465 e. The van der Waals surface area contributed by atoms with Gasteiger partial charge in [0.05, 0.1) is 5.69 Å². The fourth-order valence-corrected chi connectivity index (χ4v) is 2.73. The summed E-state index contributed by atoms with van der Waals surface area (Å²) in [6.45, 7) is 5.03. The molecule has 2 aromatic heterocycles. The molecule has 21 heavy (non-hydrogen) atoms. The molecule has 2 aromatic rings.